The molecule has 2 heterocycles. The van der Waals surface area contributed by atoms with Gasteiger partial charge in [0.25, 0.3) is 0 Å². The lowest BCUT2D eigenvalue weighted by Gasteiger charge is -2.31. The van der Waals surface area contributed by atoms with Crippen LogP contribution in [0.3, 0.4) is 0 Å². The van der Waals surface area contributed by atoms with Crippen molar-refractivity contribution in [2.24, 2.45) is 24.3 Å². The van der Waals surface area contributed by atoms with E-state index in [-0.39, 0.29) is 28.7 Å². The summed E-state index contributed by atoms with van der Waals surface area (Å²) in [6, 6.07) is 3.61. The van der Waals surface area contributed by atoms with E-state index < -0.39 is 5.97 Å². The number of nitrogens with zero attached hydrogens (tertiary/aromatic N) is 3. The zero-order chi connectivity index (χ0) is 22.8. The van der Waals surface area contributed by atoms with Gasteiger partial charge in [0.1, 0.15) is 4.88 Å². The van der Waals surface area contributed by atoms with Crippen LogP contribution in [0.15, 0.2) is 18.3 Å². The monoisotopic (exact) mass is 441 g/mol. The Balaban J connectivity index is 2.02. The Morgan fingerprint density at radius 1 is 1.29 bits per heavy atom. The third kappa shape index (κ3) is 5.76. The molecule has 0 radical (unpaired) electrons. The minimum atomic E-state index is -1.04. The van der Waals surface area contributed by atoms with Crippen LogP contribution in [0.1, 0.15) is 73.6 Å². The minimum Gasteiger partial charge on any atom is -0.477 e. The van der Waals surface area contributed by atoms with Gasteiger partial charge in [-0.2, -0.15) is 5.10 Å². The molecule has 0 unspecified atom stereocenters. The second-order valence-corrected chi connectivity index (χ2v) is 10.5. The van der Waals surface area contributed by atoms with Gasteiger partial charge in [-0.05, 0) is 64.5 Å². The van der Waals surface area contributed by atoms with Gasteiger partial charge >= 0.3 is 5.97 Å². The standard InChI is InChI=1S/C24H31N3O3S/c1-16-6-8-17(9-7-16)22(28)27(15-18-11-13-25-26(18)5)20-14-19(10-12-24(2,3)4)31-21(20)23(29)30/h11,13-14,16-17H,6-9,15H2,1-5H3,(H,29,30)/t16-,17+. The van der Waals surface area contributed by atoms with E-state index in [1.54, 1.807) is 21.8 Å². The molecule has 7 heteroatoms. The molecule has 1 saturated carbocycles. The first kappa shape index (κ1) is 23.1. The highest BCUT2D eigenvalue weighted by Gasteiger charge is 2.32. The van der Waals surface area contributed by atoms with Crippen molar-refractivity contribution in [3.8, 4) is 11.8 Å². The molecule has 2 aromatic rings. The van der Waals surface area contributed by atoms with Gasteiger partial charge < -0.3 is 10.0 Å². The van der Waals surface area contributed by atoms with Crippen molar-refractivity contribution in [3.63, 3.8) is 0 Å². The Bertz CT molecular complexity index is 1010. The Labute approximate surface area is 188 Å². The summed E-state index contributed by atoms with van der Waals surface area (Å²) in [6.45, 7) is 8.53. The number of amides is 1. The first-order valence-electron chi connectivity index (χ1n) is 10.7. The van der Waals surface area contributed by atoms with E-state index in [1.807, 2.05) is 33.9 Å². The van der Waals surface area contributed by atoms with Crippen molar-refractivity contribution in [2.45, 2.75) is 59.9 Å². The molecule has 1 aliphatic rings. The smallest absolute Gasteiger partial charge is 0.348 e. The summed E-state index contributed by atoms with van der Waals surface area (Å²) < 4.78 is 1.72. The number of carboxylic acids is 1. The summed E-state index contributed by atoms with van der Waals surface area (Å²) in [6.07, 6.45) is 5.41. The lowest BCUT2D eigenvalue weighted by molar-refractivity contribution is -0.123. The zero-order valence-electron chi connectivity index (χ0n) is 18.9. The number of rotatable bonds is 5. The maximum absolute atomic E-state index is 13.6. The average Bonchev–Trinajstić information content (AvgIpc) is 3.30. The highest BCUT2D eigenvalue weighted by Crippen LogP contribution is 2.36. The highest BCUT2D eigenvalue weighted by atomic mass is 32.1. The Morgan fingerprint density at radius 2 is 1.97 bits per heavy atom. The van der Waals surface area contributed by atoms with E-state index in [0.717, 1.165) is 42.7 Å². The first-order valence-corrected chi connectivity index (χ1v) is 11.6. The molecule has 166 valence electrons. The molecule has 2 aromatic heterocycles. The van der Waals surface area contributed by atoms with Crippen LogP contribution < -0.4 is 4.90 Å². The number of carboxylic acid groups (broad SMARTS) is 1. The van der Waals surface area contributed by atoms with Crippen molar-refractivity contribution < 1.29 is 14.7 Å². The van der Waals surface area contributed by atoms with Crippen LogP contribution in [0, 0.1) is 29.1 Å². The van der Waals surface area contributed by atoms with Gasteiger partial charge in [0.15, 0.2) is 0 Å². The summed E-state index contributed by atoms with van der Waals surface area (Å²) in [4.78, 5) is 28.1. The van der Waals surface area contributed by atoms with Gasteiger partial charge in [0.05, 0.1) is 22.8 Å². The highest BCUT2D eigenvalue weighted by molar-refractivity contribution is 7.15. The van der Waals surface area contributed by atoms with Crippen LogP contribution in [-0.2, 0) is 18.4 Å². The number of aryl methyl sites for hydroxylation is 1. The summed E-state index contributed by atoms with van der Waals surface area (Å²) >= 11 is 1.13. The molecule has 0 spiro atoms. The quantitative estimate of drug-likeness (QED) is 0.667. The molecule has 1 amide bonds. The lowest BCUT2D eigenvalue weighted by atomic mass is 9.82. The Kier molecular flexibility index (Phi) is 6.90. The van der Waals surface area contributed by atoms with Crippen LogP contribution in [0.5, 0.6) is 0 Å². The molecule has 0 saturated heterocycles. The van der Waals surface area contributed by atoms with E-state index >= 15 is 0 Å². The predicted molar refractivity (Wildman–Crippen MR) is 123 cm³/mol. The van der Waals surface area contributed by atoms with Gasteiger partial charge in [0, 0.05) is 24.6 Å². The first-order chi connectivity index (χ1) is 14.5. The Morgan fingerprint density at radius 3 is 2.52 bits per heavy atom. The third-order valence-electron chi connectivity index (χ3n) is 5.63. The maximum Gasteiger partial charge on any atom is 0.348 e. The van der Waals surface area contributed by atoms with Gasteiger partial charge in [0.2, 0.25) is 5.91 Å². The molecule has 1 aliphatic carbocycles. The zero-order valence-corrected chi connectivity index (χ0v) is 19.8. The molecule has 3 rings (SSSR count). The van der Waals surface area contributed by atoms with Crippen LogP contribution in [0.25, 0.3) is 0 Å². The number of aromatic carboxylic acids is 1. The van der Waals surface area contributed by atoms with E-state index in [2.05, 4.69) is 23.9 Å². The molecule has 0 bridgehead atoms. The average molecular weight is 442 g/mol. The SMILES string of the molecule is Cn1nccc1CN(c1cc(C#CC(C)(C)C)sc1C(=O)O)C(=O)[C@H]1CC[C@@H](C)CC1. The lowest BCUT2D eigenvalue weighted by Crippen LogP contribution is -2.38. The number of carbonyl (C=O) groups excluding carboxylic acids is 1. The fourth-order valence-corrected chi connectivity index (χ4v) is 4.63. The maximum atomic E-state index is 13.6. The Hall–Kier alpha value is -2.59. The van der Waals surface area contributed by atoms with Crippen LogP contribution in [0.4, 0.5) is 5.69 Å². The number of hydrogen-bond donors (Lipinski definition) is 1. The normalized spacial score (nSPS) is 18.9. The number of thiophene rings is 1. The number of carbonyl (C=O) groups is 2. The molecule has 1 N–H and O–H groups in total. The molecular formula is C24H31N3O3S. The molecule has 6 nitrogen and oxygen atoms in total. The van der Waals surface area contributed by atoms with Crippen LogP contribution in [0.2, 0.25) is 0 Å². The molecule has 0 atom stereocenters. The largest absolute Gasteiger partial charge is 0.477 e. The fourth-order valence-electron chi connectivity index (χ4n) is 3.77. The van der Waals surface area contributed by atoms with Gasteiger partial charge in [-0.25, -0.2) is 4.79 Å². The summed E-state index contributed by atoms with van der Waals surface area (Å²) in [5.41, 5.74) is 1.08. The van der Waals surface area contributed by atoms with E-state index in [9.17, 15) is 14.7 Å². The van der Waals surface area contributed by atoms with Gasteiger partial charge in [-0.1, -0.05) is 18.8 Å². The topological polar surface area (TPSA) is 75.4 Å². The van der Waals surface area contributed by atoms with Crippen molar-refractivity contribution in [2.75, 3.05) is 4.90 Å². The van der Waals surface area contributed by atoms with Crippen molar-refractivity contribution >= 4 is 28.9 Å². The second-order valence-electron chi connectivity index (χ2n) is 9.46. The minimum absolute atomic E-state index is 0.0104. The van der Waals surface area contributed by atoms with Gasteiger partial charge in [-0.15, -0.1) is 11.3 Å². The van der Waals surface area contributed by atoms with Crippen molar-refractivity contribution in [1.82, 2.24) is 9.78 Å². The third-order valence-corrected chi connectivity index (χ3v) is 6.66. The van der Waals surface area contributed by atoms with E-state index in [1.165, 1.54) is 0 Å². The number of anilines is 1. The van der Waals surface area contributed by atoms with Crippen LogP contribution in [-0.4, -0.2) is 26.8 Å². The second kappa shape index (κ2) is 9.27. The molecule has 31 heavy (non-hydrogen) atoms. The fraction of sp³-hybridized carbons (Fsp3) is 0.542. The number of hydrogen-bond acceptors (Lipinski definition) is 4. The summed E-state index contributed by atoms with van der Waals surface area (Å²) in [5.74, 6) is 5.75. The summed E-state index contributed by atoms with van der Waals surface area (Å²) in [5, 5.41) is 14.1. The molecule has 0 aromatic carbocycles. The summed E-state index contributed by atoms with van der Waals surface area (Å²) in [7, 11) is 1.83. The molecule has 0 aliphatic heterocycles. The predicted octanol–water partition coefficient (Wildman–Crippen LogP) is 4.94. The van der Waals surface area contributed by atoms with E-state index in [4.69, 9.17) is 0 Å². The molecule has 1 fully saturated rings. The van der Waals surface area contributed by atoms with E-state index in [0.29, 0.717) is 16.5 Å². The molecular weight excluding hydrogens is 410 g/mol. The van der Waals surface area contributed by atoms with Gasteiger partial charge in [-0.3, -0.25) is 9.48 Å². The number of aromatic nitrogens is 2. The van der Waals surface area contributed by atoms with Crippen molar-refractivity contribution in [1.29, 1.82) is 0 Å². The van der Waals surface area contributed by atoms with Crippen molar-refractivity contribution in [3.05, 3.63) is 33.8 Å². The van der Waals surface area contributed by atoms with Crippen LogP contribution >= 0.6 is 11.3 Å².